The normalized spacial score (nSPS) is 10.8. The summed E-state index contributed by atoms with van der Waals surface area (Å²) in [4.78, 5) is 4.52. The largest absolute Gasteiger partial charge is 0.460 e. The second kappa shape index (κ2) is 7.14. The maximum atomic E-state index is 5.77. The summed E-state index contributed by atoms with van der Waals surface area (Å²) in [6, 6.07) is 15.9. The lowest BCUT2D eigenvalue weighted by atomic mass is 10.1. The van der Waals surface area contributed by atoms with Crippen molar-refractivity contribution in [1.29, 1.82) is 0 Å². The zero-order chi connectivity index (χ0) is 16.9. The fourth-order valence-corrected chi connectivity index (χ4v) is 2.26. The highest BCUT2D eigenvalue weighted by atomic mass is 16.5. The third-order valence-corrected chi connectivity index (χ3v) is 3.55. The standard InChI is InChI=1S/C18H20N4O2/c1-13-3-5-14(6-4-13)17-20-18(24-12-11-23-2)21-22(17)16-9-7-15(19)8-10-16/h3-10H,11-12,19H2,1-2H3. The minimum Gasteiger partial charge on any atom is -0.460 e. The van der Waals surface area contributed by atoms with Gasteiger partial charge >= 0.3 is 6.01 Å². The van der Waals surface area contributed by atoms with E-state index in [1.807, 2.05) is 55.5 Å². The number of anilines is 1. The molecule has 0 aliphatic rings. The van der Waals surface area contributed by atoms with E-state index in [1.54, 1.807) is 11.8 Å². The molecule has 0 spiro atoms. The molecule has 0 aliphatic carbocycles. The van der Waals surface area contributed by atoms with Crippen molar-refractivity contribution in [3.63, 3.8) is 0 Å². The van der Waals surface area contributed by atoms with E-state index in [2.05, 4.69) is 10.1 Å². The number of nitrogen functional groups attached to an aromatic ring is 1. The molecule has 3 aromatic rings. The predicted molar refractivity (Wildman–Crippen MR) is 93.3 cm³/mol. The van der Waals surface area contributed by atoms with Crippen LogP contribution in [0, 0.1) is 6.92 Å². The number of aryl methyl sites for hydroxylation is 1. The molecular formula is C18H20N4O2. The zero-order valence-electron chi connectivity index (χ0n) is 13.8. The molecule has 0 fully saturated rings. The first-order chi connectivity index (χ1) is 11.7. The lowest BCUT2D eigenvalue weighted by Crippen LogP contribution is -2.05. The van der Waals surface area contributed by atoms with E-state index >= 15 is 0 Å². The van der Waals surface area contributed by atoms with Gasteiger partial charge in [-0.1, -0.05) is 29.8 Å². The van der Waals surface area contributed by atoms with Crippen molar-refractivity contribution >= 4 is 5.69 Å². The van der Waals surface area contributed by atoms with Gasteiger partial charge in [-0.15, -0.1) is 5.10 Å². The second-order valence-corrected chi connectivity index (χ2v) is 5.43. The van der Waals surface area contributed by atoms with Gasteiger partial charge in [-0.05, 0) is 31.2 Å². The van der Waals surface area contributed by atoms with Crippen LogP contribution in [0.15, 0.2) is 48.5 Å². The molecule has 1 aromatic heterocycles. The molecule has 1 heterocycles. The van der Waals surface area contributed by atoms with Crippen LogP contribution in [0.4, 0.5) is 5.69 Å². The summed E-state index contributed by atoms with van der Waals surface area (Å²) in [6.07, 6.45) is 0. The number of hydrogen-bond acceptors (Lipinski definition) is 5. The average molecular weight is 324 g/mol. The molecule has 24 heavy (non-hydrogen) atoms. The zero-order valence-corrected chi connectivity index (χ0v) is 13.8. The summed E-state index contributed by atoms with van der Waals surface area (Å²) in [6.45, 7) is 2.93. The predicted octanol–water partition coefficient (Wildman–Crippen LogP) is 2.85. The number of hydrogen-bond donors (Lipinski definition) is 1. The van der Waals surface area contributed by atoms with E-state index in [0.29, 0.717) is 30.7 Å². The Hall–Kier alpha value is -2.86. The number of methoxy groups -OCH3 is 1. The summed E-state index contributed by atoms with van der Waals surface area (Å²) in [5, 5.41) is 4.47. The quantitative estimate of drug-likeness (QED) is 0.557. The van der Waals surface area contributed by atoms with Crippen LogP contribution in [-0.4, -0.2) is 35.1 Å². The van der Waals surface area contributed by atoms with Crippen molar-refractivity contribution in [1.82, 2.24) is 14.8 Å². The molecule has 0 bridgehead atoms. The Balaban J connectivity index is 2.00. The van der Waals surface area contributed by atoms with Crippen LogP contribution in [0.3, 0.4) is 0 Å². The topological polar surface area (TPSA) is 75.2 Å². The number of nitrogens with zero attached hydrogens (tertiary/aromatic N) is 3. The first kappa shape index (κ1) is 16.0. The van der Waals surface area contributed by atoms with E-state index in [4.69, 9.17) is 15.2 Å². The van der Waals surface area contributed by atoms with Crippen molar-refractivity contribution in [2.45, 2.75) is 6.92 Å². The summed E-state index contributed by atoms with van der Waals surface area (Å²) < 4.78 is 12.3. The third kappa shape index (κ3) is 3.55. The van der Waals surface area contributed by atoms with E-state index in [-0.39, 0.29) is 0 Å². The molecule has 0 unspecified atom stereocenters. The molecule has 0 saturated carbocycles. The minimum absolute atomic E-state index is 0.319. The Morgan fingerprint density at radius 3 is 2.38 bits per heavy atom. The van der Waals surface area contributed by atoms with Crippen molar-refractivity contribution in [3.05, 3.63) is 54.1 Å². The van der Waals surface area contributed by atoms with Gasteiger partial charge in [-0.3, -0.25) is 0 Å². The SMILES string of the molecule is COCCOc1nc(-c2ccc(C)cc2)n(-c2ccc(N)cc2)n1. The van der Waals surface area contributed by atoms with Gasteiger partial charge in [0.05, 0.1) is 12.3 Å². The molecular weight excluding hydrogens is 304 g/mol. The molecule has 124 valence electrons. The number of benzene rings is 2. The second-order valence-electron chi connectivity index (χ2n) is 5.43. The van der Waals surface area contributed by atoms with Crippen LogP contribution in [-0.2, 0) is 4.74 Å². The van der Waals surface area contributed by atoms with Crippen molar-refractivity contribution in [2.75, 3.05) is 26.1 Å². The van der Waals surface area contributed by atoms with E-state index in [9.17, 15) is 0 Å². The smallest absolute Gasteiger partial charge is 0.336 e. The number of nitrogens with two attached hydrogens (primary N) is 1. The van der Waals surface area contributed by atoms with Gasteiger partial charge < -0.3 is 15.2 Å². The molecule has 0 radical (unpaired) electrons. The first-order valence-electron chi connectivity index (χ1n) is 7.69. The van der Waals surface area contributed by atoms with Crippen LogP contribution in [0.25, 0.3) is 17.1 Å². The van der Waals surface area contributed by atoms with Gasteiger partial charge in [0, 0.05) is 18.4 Å². The Kier molecular flexibility index (Phi) is 4.77. The molecule has 2 aromatic carbocycles. The van der Waals surface area contributed by atoms with Crippen LogP contribution in [0.1, 0.15) is 5.56 Å². The van der Waals surface area contributed by atoms with Crippen LogP contribution in [0.5, 0.6) is 6.01 Å². The number of rotatable bonds is 6. The molecule has 6 heteroatoms. The third-order valence-electron chi connectivity index (χ3n) is 3.55. The average Bonchev–Trinajstić information content (AvgIpc) is 3.01. The van der Waals surface area contributed by atoms with Gasteiger partial charge in [0.1, 0.15) is 6.61 Å². The molecule has 0 aliphatic heterocycles. The van der Waals surface area contributed by atoms with E-state index in [1.165, 1.54) is 5.56 Å². The number of ether oxygens (including phenoxy) is 2. The Morgan fingerprint density at radius 1 is 1.00 bits per heavy atom. The van der Waals surface area contributed by atoms with Crippen LogP contribution in [0.2, 0.25) is 0 Å². The fraction of sp³-hybridized carbons (Fsp3) is 0.222. The van der Waals surface area contributed by atoms with Gasteiger partial charge in [0.15, 0.2) is 5.82 Å². The maximum Gasteiger partial charge on any atom is 0.336 e. The summed E-state index contributed by atoms with van der Waals surface area (Å²) in [5.41, 5.74) is 9.50. The molecule has 0 amide bonds. The lowest BCUT2D eigenvalue weighted by Gasteiger charge is -2.06. The van der Waals surface area contributed by atoms with Crippen molar-refractivity contribution in [3.8, 4) is 23.1 Å². The molecule has 0 saturated heterocycles. The summed E-state index contributed by atoms with van der Waals surface area (Å²) in [7, 11) is 1.63. The number of aromatic nitrogens is 3. The lowest BCUT2D eigenvalue weighted by molar-refractivity contribution is 0.141. The summed E-state index contributed by atoms with van der Waals surface area (Å²) in [5.74, 6) is 0.715. The highest BCUT2D eigenvalue weighted by Crippen LogP contribution is 2.24. The van der Waals surface area contributed by atoms with Gasteiger partial charge in [0.2, 0.25) is 0 Å². The van der Waals surface area contributed by atoms with Crippen molar-refractivity contribution < 1.29 is 9.47 Å². The van der Waals surface area contributed by atoms with Crippen LogP contribution >= 0.6 is 0 Å². The highest BCUT2D eigenvalue weighted by Gasteiger charge is 2.14. The van der Waals surface area contributed by atoms with Crippen LogP contribution < -0.4 is 10.5 Å². The molecule has 6 nitrogen and oxygen atoms in total. The van der Waals surface area contributed by atoms with Crippen molar-refractivity contribution in [2.24, 2.45) is 0 Å². The van der Waals surface area contributed by atoms with Gasteiger partial charge in [0.25, 0.3) is 0 Å². The maximum absolute atomic E-state index is 5.77. The van der Waals surface area contributed by atoms with E-state index in [0.717, 1.165) is 11.3 Å². The molecule has 3 rings (SSSR count). The van der Waals surface area contributed by atoms with Gasteiger partial charge in [-0.2, -0.15) is 4.98 Å². The first-order valence-corrected chi connectivity index (χ1v) is 7.69. The Morgan fingerprint density at radius 2 is 1.71 bits per heavy atom. The van der Waals surface area contributed by atoms with Gasteiger partial charge in [-0.25, -0.2) is 4.68 Å². The molecule has 0 atom stereocenters. The fourth-order valence-electron chi connectivity index (χ4n) is 2.26. The minimum atomic E-state index is 0.319. The Bertz CT molecular complexity index is 732. The molecule has 2 N–H and O–H groups in total. The summed E-state index contributed by atoms with van der Waals surface area (Å²) >= 11 is 0. The Labute approximate surface area is 140 Å². The monoisotopic (exact) mass is 324 g/mol. The highest BCUT2D eigenvalue weighted by molar-refractivity contribution is 5.59. The van der Waals surface area contributed by atoms with E-state index < -0.39 is 0 Å².